The summed E-state index contributed by atoms with van der Waals surface area (Å²) in [6, 6.07) is 3.64. The van der Waals surface area contributed by atoms with Gasteiger partial charge in [0.25, 0.3) is 0 Å². The Morgan fingerprint density at radius 3 is 2.45 bits per heavy atom. The second kappa shape index (κ2) is 5.47. The molecule has 0 atom stereocenters. The van der Waals surface area contributed by atoms with Crippen LogP contribution in [0, 0.1) is 19.3 Å². The van der Waals surface area contributed by atoms with E-state index in [0.717, 1.165) is 36.0 Å². The van der Waals surface area contributed by atoms with Crippen molar-refractivity contribution in [2.45, 2.75) is 51.5 Å². The van der Waals surface area contributed by atoms with Gasteiger partial charge in [0.2, 0.25) is 10.0 Å². The largest absolute Gasteiger partial charge is 0.326 e. The molecule has 2 rings (SSSR count). The van der Waals surface area contributed by atoms with Crippen LogP contribution in [0.25, 0.3) is 0 Å². The van der Waals surface area contributed by atoms with Crippen LogP contribution in [0.3, 0.4) is 0 Å². The summed E-state index contributed by atoms with van der Waals surface area (Å²) in [5.74, 6) is 0. The summed E-state index contributed by atoms with van der Waals surface area (Å²) in [4.78, 5) is 0.366. The van der Waals surface area contributed by atoms with E-state index >= 15 is 0 Å². The lowest BCUT2D eigenvalue weighted by Crippen LogP contribution is -2.30. The Morgan fingerprint density at radius 1 is 1.30 bits per heavy atom. The van der Waals surface area contributed by atoms with Gasteiger partial charge in [-0.25, -0.2) is 13.1 Å². The van der Waals surface area contributed by atoms with E-state index in [2.05, 4.69) is 11.6 Å². The molecule has 0 amide bonds. The van der Waals surface area contributed by atoms with Crippen LogP contribution in [0.4, 0.5) is 0 Å². The Kier molecular flexibility index (Phi) is 4.23. The van der Waals surface area contributed by atoms with Crippen molar-refractivity contribution in [1.29, 1.82) is 0 Å². The van der Waals surface area contributed by atoms with Crippen molar-refractivity contribution in [3.8, 4) is 0 Å². The molecule has 1 aromatic rings. The molecular formula is C15H24N2O2S. The topological polar surface area (TPSA) is 72.2 Å². The maximum Gasteiger partial charge on any atom is 0.240 e. The molecule has 1 aliphatic carbocycles. The molecule has 0 spiro atoms. The summed E-state index contributed by atoms with van der Waals surface area (Å²) in [5, 5.41) is 0. The molecule has 1 fully saturated rings. The molecule has 0 bridgehead atoms. The molecule has 3 N–H and O–H groups in total. The third-order valence-corrected chi connectivity index (χ3v) is 6.08. The second-order valence-corrected chi connectivity index (χ2v) is 7.65. The molecule has 0 unspecified atom stereocenters. The van der Waals surface area contributed by atoms with Crippen molar-refractivity contribution in [2.24, 2.45) is 11.1 Å². The summed E-state index contributed by atoms with van der Waals surface area (Å²) < 4.78 is 27.8. The summed E-state index contributed by atoms with van der Waals surface area (Å²) in [5.41, 5.74) is 8.45. The van der Waals surface area contributed by atoms with E-state index in [1.54, 1.807) is 6.07 Å². The maximum absolute atomic E-state index is 12.5. The van der Waals surface area contributed by atoms with E-state index in [0.29, 0.717) is 18.0 Å². The average Bonchev–Trinajstić information content (AvgIpc) is 3.20. The maximum atomic E-state index is 12.5. The summed E-state index contributed by atoms with van der Waals surface area (Å²) >= 11 is 0. The Labute approximate surface area is 121 Å². The first-order valence-electron chi connectivity index (χ1n) is 7.13. The van der Waals surface area contributed by atoms with Gasteiger partial charge in [-0.2, -0.15) is 0 Å². The van der Waals surface area contributed by atoms with Crippen molar-refractivity contribution < 1.29 is 8.42 Å². The molecule has 20 heavy (non-hydrogen) atoms. The lowest BCUT2D eigenvalue weighted by molar-refractivity contribution is 0.475. The summed E-state index contributed by atoms with van der Waals surface area (Å²) in [7, 11) is -3.45. The molecule has 112 valence electrons. The van der Waals surface area contributed by atoms with Crippen molar-refractivity contribution in [2.75, 3.05) is 6.54 Å². The fraction of sp³-hybridized carbons (Fsp3) is 0.600. The van der Waals surface area contributed by atoms with Crippen LogP contribution in [0.15, 0.2) is 17.0 Å². The van der Waals surface area contributed by atoms with E-state index < -0.39 is 10.0 Å². The SMILES string of the molecule is CCC1(CNS(=O)(=O)c2cc(CN)cc(C)c2C)CC1. The smallest absolute Gasteiger partial charge is 0.240 e. The average molecular weight is 296 g/mol. The molecule has 1 aromatic carbocycles. The quantitative estimate of drug-likeness (QED) is 0.845. The fourth-order valence-electron chi connectivity index (χ4n) is 2.45. The number of hydrogen-bond donors (Lipinski definition) is 2. The Balaban J connectivity index is 2.27. The number of rotatable bonds is 6. The third kappa shape index (κ3) is 3.05. The molecule has 5 heteroatoms. The zero-order valence-electron chi connectivity index (χ0n) is 12.5. The lowest BCUT2D eigenvalue weighted by atomic mass is 10.1. The molecule has 1 aliphatic rings. The van der Waals surface area contributed by atoms with Crippen molar-refractivity contribution in [3.63, 3.8) is 0 Å². The van der Waals surface area contributed by atoms with Crippen LogP contribution >= 0.6 is 0 Å². The number of nitrogens with one attached hydrogen (secondary N) is 1. The van der Waals surface area contributed by atoms with Crippen LogP contribution in [0.1, 0.15) is 42.9 Å². The summed E-state index contributed by atoms with van der Waals surface area (Å²) in [6.07, 6.45) is 3.26. The first kappa shape index (κ1) is 15.5. The van der Waals surface area contributed by atoms with Gasteiger partial charge in [-0.15, -0.1) is 0 Å². The first-order chi connectivity index (χ1) is 9.33. The Bertz CT molecular complexity index is 605. The Hall–Kier alpha value is -0.910. The van der Waals surface area contributed by atoms with Crippen molar-refractivity contribution in [3.05, 3.63) is 28.8 Å². The highest BCUT2D eigenvalue weighted by Crippen LogP contribution is 2.48. The second-order valence-electron chi connectivity index (χ2n) is 5.92. The molecule has 0 radical (unpaired) electrons. The van der Waals surface area contributed by atoms with E-state index in [1.165, 1.54) is 0 Å². The molecule has 1 saturated carbocycles. The molecule has 0 aliphatic heterocycles. The monoisotopic (exact) mass is 296 g/mol. The van der Waals surface area contributed by atoms with Gasteiger partial charge in [0.15, 0.2) is 0 Å². The van der Waals surface area contributed by atoms with Crippen LogP contribution in [0.2, 0.25) is 0 Å². The number of benzene rings is 1. The zero-order chi connectivity index (χ0) is 15.0. The summed E-state index contributed by atoms with van der Waals surface area (Å²) in [6.45, 7) is 6.77. The highest BCUT2D eigenvalue weighted by Gasteiger charge is 2.41. The van der Waals surface area contributed by atoms with Gasteiger partial charge in [-0.1, -0.05) is 13.0 Å². The number of sulfonamides is 1. The predicted octanol–water partition coefficient (Wildman–Crippen LogP) is 2.23. The minimum Gasteiger partial charge on any atom is -0.326 e. The van der Waals surface area contributed by atoms with Crippen molar-refractivity contribution in [1.82, 2.24) is 4.72 Å². The molecule has 0 aromatic heterocycles. The highest BCUT2D eigenvalue weighted by atomic mass is 32.2. The van der Waals surface area contributed by atoms with Crippen LogP contribution in [0.5, 0.6) is 0 Å². The molecule has 0 heterocycles. The number of aryl methyl sites for hydroxylation is 1. The van der Waals surface area contributed by atoms with Gasteiger partial charge in [-0.05, 0) is 61.3 Å². The minimum absolute atomic E-state index is 0.196. The first-order valence-corrected chi connectivity index (χ1v) is 8.62. The Morgan fingerprint density at radius 2 is 1.95 bits per heavy atom. The van der Waals surface area contributed by atoms with Crippen LogP contribution < -0.4 is 10.5 Å². The zero-order valence-corrected chi connectivity index (χ0v) is 13.3. The third-order valence-electron chi connectivity index (χ3n) is 4.55. The van der Waals surface area contributed by atoms with Gasteiger partial charge in [0.1, 0.15) is 0 Å². The highest BCUT2D eigenvalue weighted by molar-refractivity contribution is 7.89. The molecular weight excluding hydrogens is 272 g/mol. The fourth-order valence-corrected chi connectivity index (χ4v) is 3.98. The van der Waals surface area contributed by atoms with Crippen molar-refractivity contribution >= 4 is 10.0 Å². The van der Waals surface area contributed by atoms with Crippen LogP contribution in [-0.2, 0) is 16.6 Å². The van der Waals surface area contributed by atoms with Crippen LogP contribution in [-0.4, -0.2) is 15.0 Å². The van der Waals surface area contributed by atoms with Gasteiger partial charge in [0, 0.05) is 13.1 Å². The normalized spacial score (nSPS) is 17.2. The lowest BCUT2D eigenvalue weighted by Gasteiger charge is -2.16. The molecule has 0 saturated heterocycles. The minimum atomic E-state index is -3.45. The number of nitrogens with two attached hydrogens (primary N) is 1. The van der Waals surface area contributed by atoms with Gasteiger partial charge in [-0.3, -0.25) is 0 Å². The standard InChI is InChI=1S/C15H24N2O2S/c1-4-15(5-6-15)10-17-20(18,19)14-8-13(9-16)7-11(2)12(14)3/h7-8,17H,4-6,9-10,16H2,1-3H3. The van der Waals surface area contributed by atoms with Gasteiger partial charge < -0.3 is 5.73 Å². The van der Waals surface area contributed by atoms with E-state index in [4.69, 9.17) is 5.73 Å². The molecule has 4 nitrogen and oxygen atoms in total. The van der Waals surface area contributed by atoms with Gasteiger partial charge in [0.05, 0.1) is 4.90 Å². The van der Waals surface area contributed by atoms with E-state index in [1.807, 2.05) is 19.9 Å². The van der Waals surface area contributed by atoms with E-state index in [-0.39, 0.29) is 5.41 Å². The number of hydrogen-bond acceptors (Lipinski definition) is 3. The predicted molar refractivity (Wildman–Crippen MR) is 81.0 cm³/mol. The van der Waals surface area contributed by atoms with Gasteiger partial charge >= 0.3 is 0 Å². The van der Waals surface area contributed by atoms with E-state index in [9.17, 15) is 8.42 Å².